The first-order valence-corrected chi connectivity index (χ1v) is 7.74. The van der Waals surface area contributed by atoms with Crippen LogP contribution in [0.3, 0.4) is 0 Å². The molecule has 3 nitrogen and oxygen atoms in total. The topological polar surface area (TPSA) is 43.4 Å². The largest absolute Gasteiger partial charge is 0.385 e. The maximum Gasteiger partial charge on any atom is 0.232 e. The van der Waals surface area contributed by atoms with Gasteiger partial charge in [0.2, 0.25) is 9.05 Å². The van der Waals surface area contributed by atoms with Crippen LogP contribution in [0.4, 0.5) is 0 Å². The first-order chi connectivity index (χ1) is 6.85. The lowest BCUT2D eigenvalue weighted by Gasteiger charge is -2.15. The van der Waals surface area contributed by atoms with Gasteiger partial charge in [-0.25, -0.2) is 8.42 Å². The lowest BCUT2D eigenvalue weighted by Crippen LogP contribution is -2.15. The van der Waals surface area contributed by atoms with E-state index in [4.69, 9.17) is 15.4 Å². The van der Waals surface area contributed by atoms with Gasteiger partial charge in [-0.1, -0.05) is 20.3 Å². The molecule has 0 bridgehead atoms. The van der Waals surface area contributed by atoms with Crippen molar-refractivity contribution in [1.82, 2.24) is 0 Å². The molecule has 1 atom stereocenters. The van der Waals surface area contributed by atoms with Crippen LogP contribution in [-0.2, 0) is 13.8 Å². The van der Waals surface area contributed by atoms with Gasteiger partial charge in [-0.05, 0) is 24.7 Å². The van der Waals surface area contributed by atoms with Crippen molar-refractivity contribution in [2.75, 3.05) is 19.5 Å². The maximum absolute atomic E-state index is 11.0. The van der Waals surface area contributed by atoms with Crippen LogP contribution in [0.1, 0.15) is 33.1 Å². The fraction of sp³-hybridized carbons (Fsp3) is 1.00. The normalized spacial score (nSPS) is 14.5. The lowest BCUT2D eigenvalue weighted by molar-refractivity contribution is 0.177. The van der Waals surface area contributed by atoms with E-state index in [9.17, 15) is 8.42 Å². The summed E-state index contributed by atoms with van der Waals surface area (Å²) < 4.78 is 26.9. The number of halogens is 1. The van der Waals surface area contributed by atoms with Crippen molar-refractivity contribution in [3.8, 4) is 0 Å². The third-order valence-electron chi connectivity index (χ3n) is 2.32. The van der Waals surface area contributed by atoms with E-state index >= 15 is 0 Å². The Balaban J connectivity index is 4.06. The van der Waals surface area contributed by atoms with E-state index in [0.29, 0.717) is 12.5 Å². The Hall–Kier alpha value is 0.200. The monoisotopic (exact) mass is 256 g/mol. The number of hydrogen-bond donors (Lipinski definition) is 0. The smallest absolute Gasteiger partial charge is 0.232 e. The molecular formula is C10H21ClO3S. The maximum atomic E-state index is 11.0. The summed E-state index contributed by atoms with van der Waals surface area (Å²) in [5.74, 6) is 0.771. The fourth-order valence-electron chi connectivity index (χ4n) is 1.45. The van der Waals surface area contributed by atoms with Gasteiger partial charge >= 0.3 is 0 Å². The zero-order valence-electron chi connectivity index (χ0n) is 9.70. The second-order valence-corrected chi connectivity index (χ2v) is 7.15. The average molecular weight is 257 g/mol. The molecule has 15 heavy (non-hydrogen) atoms. The highest BCUT2D eigenvalue weighted by molar-refractivity contribution is 8.13. The van der Waals surface area contributed by atoms with Crippen LogP contribution in [0.5, 0.6) is 0 Å². The van der Waals surface area contributed by atoms with Crippen molar-refractivity contribution in [2.45, 2.75) is 33.1 Å². The Morgan fingerprint density at radius 3 is 2.20 bits per heavy atom. The summed E-state index contributed by atoms with van der Waals surface area (Å²) >= 11 is 0. The lowest BCUT2D eigenvalue weighted by atomic mass is 9.97. The van der Waals surface area contributed by atoms with Crippen LogP contribution in [0.2, 0.25) is 0 Å². The number of ether oxygens (including phenoxy) is 1. The summed E-state index contributed by atoms with van der Waals surface area (Å²) in [7, 11) is 3.49. The highest BCUT2D eigenvalue weighted by Crippen LogP contribution is 2.19. The predicted molar refractivity (Wildman–Crippen MR) is 63.7 cm³/mol. The van der Waals surface area contributed by atoms with Gasteiger partial charge in [0.1, 0.15) is 0 Å². The molecule has 0 heterocycles. The molecule has 0 fully saturated rings. The van der Waals surface area contributed by atoms with Crippen LogP contribution >= 0.6 is 10.7 Å². The molecule has 0 saturated heterocycles. The number of hydrogen-bond acceptors (Lipinski definition) is 3. The number of rotatable bonds is 8. The van der Waals surface area contributed by atoms with Crippen molar-refractivity contribution in [2.24, 2.45) is 11.8 Å². The van der Waals surface area contributed by atoms with Crippen LogP contribution in [-0.4, -0.2) is 27.9 Å². The molecule has 92 valence electrons. The molecule has 0 aliphatic heterocycles. The molecule has 0 aromatic carbocycles. The van der Waals surface area contributed by atoms with Crippen LogP contribution in [0.25, 0.3) is 0 Å². The van der Waals surface area contributed by atoms with Gasteiger partial charge in [0.15, 0.2) is 0 Å². The van der Waals surface area contributed by atoms with Gasteiger partial charge in [-0.15, -0.1) is 0 Å². The first kappa shape index (κ1) is 15.2. The second kappa shape index (κ2) is 7.47. The van der Waals surface area contributed by atoms with Crippen molar-refractivity contribution >= 4 is 19.7 Å². The SMILES string of the molecule is COCC[C@@H](CCC(C)C)CS(=O)(=O)Cl. The van der Waals surface area contributed by atoms with Gasteiger partial charge in [0, 0.05) is 24.4 Å². The third kappa shape index (κ3) is 10.5. The molecular weight excluding hydrogens is 236 g/mol. The van der Waals surface area contributed by atoms with Crippen molar-refractivity contribution in [3.05, 3.63) is 0 Å². The summed E-state index contributed by atoms with van der Waals surface area (Å²) in [6, 6.07) is 0. The Labute approximate surface area is 97.6 Å². The van der Waals surface area contributed by atoms with Crippen LogP contribution < -0.4 is 0 Å². The molecule has 0 aliphatic rings. The van der Waals surface area contributed by atoms with Crippen molar-refractivity contribution in [1.29, 1.82) is 0 Å². The van der Waals surface area contributed by atoms with E-state index < -0.39 is 9.05 Å². The van der Waals surface area contributed by atoms with E-state index in [-0.39, 0.29) is 11.7 Å². The summed E-state index contributed by atoms with van der Waals surface area (Å²) in [6.07, 6.45) is 2.68. The van der Waals surface area contributed by atoms with E-state index in [0.717, 1.165) is 19.3 Å². The molecule has 0 rings (SSSR count). The molecule has 0 unspecified atom stereocenters. The van der Waals surface area contributed by atoms with Crippen molar-refractivity contribution in [3.63, 3.8) is 0 Å². The summed E-state index contributed by atoms with van der Waals surface area (Å²) in [5, 5.41) is 0. The summed E-state index contributed by atoms with van der Waals surface area (Å²) in [4.78, 5) is 0. The first-order valence-electron chi connectivity index (χ1n) is 5.26. The van der Waals surface area contributed by atoms with E-state index in [2.05, 4.69) is 13.8 Å². The third-order valence-corrected chi connectivity index (χ3v) is 3.56. The molecule has 0 aromatic rings. The van der Waals surface area contributed by atoms with Gasteiger partial charge < -0.3 is 4.74 Å². The van der Waals surface area contributed by atoms with Gasteiger partial charge in [0.25, 0.3) is 0 Å². The quantitative estimate of drug-likeness (QED) is 0.627. The summed E-state index contributed by atoms with van der Waals surface area (Å²) in [6.45, 7) is 4.85. The Bertz CT molecular complexity index is 249. The molecule has 0 saturated carbocycles. The van der Waals surface area contributed by atoms with Crippen LogP contribution in [0.15, 0.2) is 0 Å². The van der Waals surface area contributed by atoms with Gasteiger partial charge in [0.05, 0.1) is 5.75 Å². The zero-order valence-corrected chi connectivity index (χ0v) is 11.3. The molecule has 0 aromatic heterocycles. The van der Waals surface area contributed by atoms with Crippen LogP contribution in [0, 0.1) is 11.8 Å². The van der Waals surface area contributed by atoms with Gasteiger partial charge in [-0.3, -0.25) is 0 Å². The highest BCUT2D eigenvalue weighted by atomic mass is 35.7. The predicted octanol–water partition coefficient (Wildman–Crippen LogP) is 2.64. The van der Waals surface area contributed by atoms with E-state index in [1.807, 2.05) is 0 Å². The molecule has 0 aliphatic carbocycles. The fourth-order valence-corrected chi connectivity index (χ4v) is 2.88. The minimum Gasteiger partial charge on any atom is -0.385 e. The molecule has 0 amide bonds. The number of methoxy groups -OCH3 is 1. The molecule has 0 radical (unpaired) electrons. The van der Waals surface area contributed by atoms with Gasteiger partial charge in [-0.2, -0.15) is 0 Å². The molecule has 0 spiro atoms. The zero-order chi connectivity index (χ0) is 11.9. The van der Waals surface area contributed by atoms with Crippen molar-refractivity contribution < 1.29 is 13.2 Å². The Morgan fingerprint density at radius 2 is 1.80 bits per heavy atom. The Kier molecular flexibility index (Phi) is 7.57. The Morgan fingerprint density at radius 1 is 1.20 bits per heavy atom. The second-order valence-electron chi connectivity index (χ2n) is 4.32. The highest BCUT2D eigenvalue weighted by Gasteiger charge is 2.17. The van der Waals surface area contributed by atoms with E-state index in [1.54, 1.807) is 7.11 Å². The average Bonchev–Trinajstić information content (AvgIpc) is 2.07. The van der Waals surface area contributed by atoms with E-state index in [1.165, 1.54) is 0 Å². The summed E-state index contributed by atoms with van der Waals surface area (Å²) in [5.41, 5.74) is 0. The molecule has 0 N–H and O–H groups in total. The molecule has 5 heteroatoms. The minimum atomic E-state index is -3.38. The minimum absolute atomic E-state index is 0.0602. The standard InChI is InChI=1S/C10H21ClO3S/c1-9(2)4-5-10(6-7-14-3)8-15(11,12)13/h9-10H,4-8H2,1-3H3/t10-/m1/s1.